The van der Waals surface area contributed by atoms with E-state index in [1.165, 1.54) is 11.1 Å². The summed E-state index contributed by atoms with van der Waals surface area (Å²) in [5.41, 5.74) is 2.62. The van der Waals surface area contributed by atoms with Crippen LogP contribution in [0.1, 0.15) is 30.9 Å². The van der Waals surface area contributed by atoms with Crippen molar-refractivity contribution in [1.82, 2.24) is 10.2 Å². The number of urea groups is 1. The molecular weight excluding hydrogens is 212 g/mol. The van der Waals surface area contributed by atoms with Gasteiger partial charge in [-0.1, -0.05) is 38.1 Å². The quantitative estimate of drug-likeness (QED) is 0.853. The van der Waals surface area contributed by atoms with Crippen LogP contribution in [0, 0.1) is 0 Å². The normalized spacial score (nSPS) is 10.4. The summed E-state index contributed by atoms with van der Waals surface area (Å²) in [4.78, 5) is 13.0. The number of rotatable bonds is 4. The summed E-state index contributed by atoms with van der Waals surface area (Å²) in [5.74, 6) is 0.567. The number of hydrogen-bond acceptors (Lipinski definition) is 1. The van der Waals surface area contributed by atoms with Crippen molar-refractivity contribution in [2.24, 2.45) is 0 Å². The molecule has 3 nitrogen and oxygen atoms in total. The van der Waals surface area contributed by atoms with Gasteiger partial charge < -0.3 is 10.2 Å². The van der Waals surface area contributed by atoms with Crippen molar-refractivity contribution in [3.63, 3.8) is 0 Å². The molecule has 0 aromatic heterocycles. The Morgan fingerprint density at radius 2 is 1.88 bits per heavy atom. The molecule has 1 rings (SSSR count). The zero-order valence-electron chi connectivity index (χ0n) is 11.2. The van der Waals surface area contributed by atoms with Crippen molar-refractivity contribution in [3.05, 3.63) is 35.4 Å². The minimum absolute atomic E-state index is 0.0381. The van der Waals surface area contributed by atoms with Gasteiger partial charge in [0.05, 0.1) is 0 Å². The zero-order valence-corrected chi connectivity index (χ0v) is 11.2. The molecule has 3 heteroatoms. The Balaban J connectivity index is 2.50. The lowest BCUT2D eigenvalue weighted by atomic mass is 10.0. The fourth-order valence-electron chi connectivity index (χ4n) is 1.66. The number of nitrogens with one attached hydrogen (secondary N) is 1. The maximum Gasteiger partial charge on any atom is 0.316 e. The first-order valence-electron chi connectivity index (χ1n) is 6.06. The van der Waals surface area contributed by atoms with Crippen LogP contribution in [0.25, 0.3) is 0 Å². The largest absolute Gasteiger partial charge is 0.341 e. The maximum atomic E-state index is 11.3. The van der Waals surface area contributed by atoms with Gasteiger partial charge in [0.15, 0.2) is 0 Å². The van der Waals surface area contributed by atoms with E-state index >= 15 is 0 Å². The fraction of sp³-hybridized carbons (Fsp3) is 0.500. The highest BCUT2D eigenvalue weighted by molar-refractivity contribution is 5.73. The van der Waals surface area contributed by atoms with Crippen LogP contribution in [0.4, 0.5) is 4.79 Å². The third kappa shape index (κ3) is 4.10. The molecule has 94 valence electrons. The minimum Gasteiger partial charge on any atom is -0.341 e. The van der Waals surface area contributed by atoms with Crippen LogP contribution in [0.15, 0.2) is 24.3 Å². The highest BCUT2D eigenvalue weighted by atomic mass is 16.2. The standard InChI is InChI=1S/C14H22N2O/c1-11(2)13-7-5-12(6-8-13)9-10-16(4)14(17)15-3/h5-8,11H,9-10H2,1-4H3,(H,15,17). The van der Waals surface area contributed by atoms with Crippen molar-refractivity contribution in [3.8, 4) is 0 Å². The molecular formula is C14H22N2O. The molecule has 17 heavy (non-hydrogen) atoms. The Kier molecular flexibility index (Phi) is 5.01. The van der Waals surface area contributed by atoms with E-state index in [1.807, 2.05) is 0 Å². The van der Waals surface area contributed by atoms with Crippen molar-refractivity contribution < 1.29 is 4.79 Å². The molecule has 0 spiro atoms. The second kappa shape index (κ2) is 6.28. The fourth-order valence-corrected chi connectivity index (χ4v) is 1.66. The van der Waals surface area contributed by atoms with Gasteiger partial charge >= 0.3 is 6.03 Å². The van der Waals surface area contributed by atoms with Gasteiger partial charge in [-0.15, -0.1) is 0 Å². The van der Waals surface area contributed by atoms with E-state index in [0.29, 0.717) is 5.92 Å². The van der Waals surface area contributed by atoms with Crippen LogP contribution in [-0.4, -0.2) is 31.6 Å². The number of amides is 2. The van der Waals surface area contributed by atoms with E-state index in [2.05, 4.69) is 43.4 Å². The van der Waals surface area contributed by atoms with Crippen LogP contribution in [0.5, 0.6) is 0 Å². The van der Waals surface area contributed by atoms with Crippen molar-refractivity contribution >= 4 is 6.03 Å². The predicted molar refractivity (Wildman–Crippen MR) is 71.3 cm³/mol. The molecule has 1 N–H and O–H groups in total. The Morgan fingerprint density at radius 3 is 2.35 bits per heavy atom. The maximum absolute atomic E-state index is 11.3. The van der Waals surface area contributed by atoms with E-state index < -0.39 is 0 Å². The SMILES string of the molecule is CNC(=O)N(C)CCc1ccc(C(C)C)cc1. The van der Waals surface area contributed by atoms with E-state index in [0.717, 1.165) is 13.0 Å². The van der Waals surface area contributed by atoms with E-state index in [1.54, 1.807) is 19.0 Å². The molecule has 0 heterocycles. The first kappa shape index (κ1) is 13.6. The molecule has 1 aromatic rings. The molecule has 0 radical (unpaired) electrons. The highest BCUT2D eigenvalue weighted by Gasteiger charge is 2.05. The minimum atomic E-state index is -0.0381. The third-order valence-corrected chi connectivity index (χ3v) is 2.94. The van der Waals surface area contributed by atoms with Gasteiger partial charge in [0, 0.05) is 20.6 Å². The average molecular weight is 234 g/mol. The van der Waals surface area contributed by atoms with Crippen molar-refractivity contribution in [2.75, 3.05) is 20.6 Å². The molecule has 0 bridgehead atoms. The van der Waals surface area contributed by atoms with Crippen LogP contribution in [0.2, 0.25) is 0 Å². The molecule has 0 unspecified atom stereocenters. The summed E-state index contributed by atoms with van der Waals surface area (Å²) in [7, 11) is 3.46. The monoisotopic (exact) mass is 234 g/mol. The summed E-state index contributed by atoms with van der Waals surface area (Å²) in [5, 5.41) is 2.61. The summed E-state index contributed by atoms with van der Waals surface area (Å²) in [6.07, 6.45) is 0.891. The molecule has 0 aliphatic carbocycles. The number of benzene rings is 1. The Bertz CT molecular complexity index is 357. The molecule has 0 saturated carbocycles. The summed E-state index contributed by atoms with van der Waals surface area (Å²) < 4.78 is 0. The van der Waals surface area contributed by atoms with Gasteiger partial charge in [-0.25, -0.2) is 4.79 Å². The smallest absolute Gasteiger partial charge is 0.316 e. The number of likely N-dealkylation sites (N-methyl/N-ethyl adjacent to an activating group) is 1. The van der Waals surface area contributed by atoms with E-state index in [9.17, 15) is 4.79 Å². The van der Waals surface area contributed by atoms with Gasteiger partial charge in [0.25, 0.3) is 0 Å². The van der Waals surface area contributed by atoms with Crippen LogP contribution < -0.4 is 5.32 Å². The van der Waals surface area contributed by atoms with Gasteiger partial charge in [0.2, 0.25) is 0 Å². The van der Waals surface area contributed by atoms with E-state index in [4.69, 9.17) is 0 Å². The molecule has 2 amide bonds. The molecule has 0 saturated heterocycles. The van der Waals surface area contributed by atoms with Gasteiger partial charge in [-0.05, 0) is 23.5 Å². The Labute approximate surface area is 104 Å². The number of carbonyl (C=O) groups excluding carboxylic acids is 1. The van der Waals surface area contributed by atoms with Gasteiger partial charge in [-0.2, -0.15) is 0 Å². The summed E-state index contributed by atoms with van der Waals surface area (Å²) >= 11 is 0. The highest BCUT2D eigenvalue weighted by Crippen LogP contribution is 2.14. The summed E-state index contributed by atoms with van der Waals surface area (Å²) in [6, 6.07) is 8.59. The molecule has 0 fully saturated rings. The van der Waals surface area contributed by atoms with Gasteiger partial charge in [0.1, 0.15) is 0 Å². The number of carbonyl (C=O) groups is 1. The second-order valence-electron chi connectivity index (χ2n) is 4.62. The lowest BCUT2D eigenvalue weighted by Gasteiger charge is -2.16. The number of nitrogens with zero attached hydrogens (tertiary/aromatic N) is 1. The van der Waals surface area contributed by atoms with Crippen LogP contribution in [-0.2, 0) is 6.42 Å². The molecule has 0 atom stereocenters. The number of hydrogen-bond donors (Lipinski definition) is 1. The molecule has 0 aliphatic heterocycles. The second-order valence-corrected chi connectivity index (χ2v) is 4.62. The van der Waals surface area contributed by atoms with E-state index in [-0.39, 0.29) is 6.03 Å². The topological polar surface area (TPSA) is 32.3 Å². The first-order valence-corrected chi connectivity index (χ1v) is 6.06. The predicted octanol–water partition coefficient (Wildman–Crippen LogP) is 2.62. The molecule has 0 aliphatic rings. The Morgan fingerprint density at radius 1 is 1.29 bits per heavy atom. The summed E-state index contributed by atoms with van der Waals surface area (Å²) in [6.45, 7) is 5.11. The Hall–Kier alpha value is -1.51. The molecule has 1 aromatic carbocycles. The average Bonchev–Trinajstić information content (AvgIpc) is 2.35. The van der Waals surface area contributed by atoms with Crippen LogP contribution in [0.3, 0.4) is 0 Å². The third-order valence-electron chi connectivity index (χ3n) is 2.94. The first-order chi connectivity index (χ1) is 8.04. The van der Waals surface area contributed by atoms with Gasteiger partial charge in [-0.3, -0.25) is 0 Å². The van der Waals surface area contributed by atoms with Crippen molar-refractivity contribution in [1.29, 1.82) is 0 Å². The van der Waals surface area contributed by atoms with Crippen molar-refractivity contribution in [2.45, 2.75) is 26.2 Å². The van der Waals surface area contributed by atoms with Crippen LogP contribution >= 0.6 is 0 Å². The lowest BCUT2D eigenvalue weighted by Crippen LogP contribution is -2.36. The zero-order chi connectivity index (χ0) is 12.8. The lowest BCUT2D eigenvalue weighted by molar-refractivity contribution is 0.211.